The number of nitrogens with one attached hydrogen (secondary N) is 2. The predicted octanol–water partition coefficient (Wildman–Crippen LogP) is 4.16. The number of halogens is 1. The van der Waals surface area contributed by atoms with E-state index in [4.69, 9.17) is 4.74 Å². The summed E-state index contributed by atoms with van der Waals surface area (Å²) in [7, 11) is 0. The lowest BCUT2D eigenvalue weighted by molar-refractivity contribution is -0.116. The average Bonchev–Trinajstić information content (AvgIpc) is 2.62. The standard InChI is InChI=1S/C20H21BrN2O4/c1-3-10-27-20(26)17-12-15(21)6-9-18(17)23-19(25)11-14-4-7-16(8-5-14)22-13(2)24/h4-9,12H,3,10-11H2,1-2H3,(H,22,24)(H,23,25). The largest absolute Gasteiger partial charge is 0.462 e. The third kappa shape index (κ3) is 6.53. The normalized spacial score (nSPS) is 10.2. The van der Waals surface area contributed by atoms with Gasteiger partial charge in [-0.05, 0) is 42.3 Å². The zero-order valence-corrected chi connectivity index (χ0v) is 16.8. The van der Waals surface area contributed by atoms with Gasteiger partial charge in [-0.2, -0.15) is 0 Å². The first kappa shape index (κ1) is 20.6. The number of ether oxygens (including phenoxy) is 1. The van der Waals surface area contributed by atoms with E-state index >= 15 is 0 Å². The van der Waals surface area contributed by atoms with Gasteiger partial charge in [0, 0.05) is 17.1 Å². The summed E-state index contributed by atoms with van der Waals surface area (Å²) in [5.41, 5.74) is 2.15. The van der Waals surface area contributed by atoms with Gasteiger partial charge in [-0.25, -0.2) is 4.79 Å². The quantitative estimate of drug-likeness (QED) is 0.643. The molecule has 0 aromatic heterocycles. The third-order valence-corrected chi connectivity index (χ3v) is 4.05. The van der Waals surface area contributed by atoms with Crippen molar-refractivity contribution in [2.75, 3.05) is 17.2 Å². The summed E-state index contributed by atoms with van der Waals surface area (Å²) in [6, 6.07) is 12.0. The Hall–Kier alpha value is -2.67. The Labute approximate surface area is 166 Å². The first-order valence-electron chi connectivity index (χ1n) is 8.52. The highest BCUT2D eigenvalue weighted by Gasteiger charge is 2.15. The minimum Gasteiger partial charge on any atom is -0.462 e. The second kappa shape index (κ2) is 9.87. The third-order valence-electron chi connectivity index (χ3n) is 3.55. The first-order valence-corrected chi connectivity index (χ1v) is 9.31. The molecule has 0 heterocycles. The van der Waals surface area contributed by atoms with Crippen LogP contribution < -0.4 is 10.6 Å². The lowest BCUT2D eigenvalue weighted by atomic mass is 10.1. The number of hydrogen-bond acceptors (Lipinski definition) is 4. The molecule has 0 atom stereocenters. The van der Waals surface area contributed by atoms with E-state index in [1.165, 1.54) is 6.92 Å². The molecule has 142 valence electrons. The van der Waals surface area contributed by atoms with Crippen LogP contribution in [0.3, 0.4) is 0 Å². The van der Waals surface area contributed by atoms with E-state index in [0.29, 0.717) is 23.5 Å². The molecule has 6 nitrogen and oxygen atoms in total. The first-order chi connectivity index (χ1) is 12.9. The molecular formula is C20H21BrN2O4. The molecule has 0 spiro atoms. The molecule has 0 bridgehead atoms. The van der Waals surface area contributed by atoms with E-state index < -0.39 is 5.97 Å². The minimum absolute atomic E-state index is 0.139. The lowest BCUT2D eigenvalue weighted by Crippen LogP contribution is -2.18. The number of carbonyl (C=O) groups is 3. The Morgan fingerprint density at radius 2 is 1.74 bits per heavy atom. The summed E-state index contributed by atoms with van der Waals surface area (Å²) in [5.74, 6) is -0.888. The predicted molar refractivity (Wildman–Crippen MR) is 108 cm³/mol. The maximum absolute atomic E-state index is 12.4. The number of hydrogen-bond donors (Lipinski definition) is 2. The molecule has 0 fully saturated rings. The van der Waals surface area contributed by atoms with Gasteiger partial charge in [0.1, 0.15) is 0 Å². The molecule has 2 rings (SSSR count). The second-order valence-corrected chi connectivity index (χ2v) is 6.84. The smallest absolute Gasteiger partial charge is 0.340 e. The van der Waals surface area contributed by atoms with Crippen molar-refractivity contribution in [2.45, 2.75) is 26.7 Å². The lowest BCUT2D eigenvalue weighted by Gasteiger charge is -2.12. The van der Waals surface area contributed by atoms with Crippen LogP contribution in [-0.2, 0) is 20.7 Å². The van der Waals surface area contributed by atoms with Crippen molar-refractivity contribution in [1.29, 1.82) is 0 Å². The fourth-order valence-electron chi connectivity index (χ4n) is 2.36. The van der Waals surface area contributed by atoms with Crippen molar-refractivity contribution in [3.8, 4) is 0 Å². The van der Waals surface area contributed by atoms with Crippen LogP contribution >= 0.6 is 15.9 Å². The van der Waals surface area contributed by atoms with Crippen LogP contribution in [0.4, 0.5) is 11.4 Å². The Balaban J connectivity index is 2.06. The monoisotopic (exact) mass is 432 g/mol. The molecule has 0 aliphatic carbocycles. The molecule has 2 amide bonds. The topological polar surface area (TPSA) is 84.5 Å². The second-order valence-electron chi connectivity index (χ2n) is 5.93. The van der Waals surface area contributed by atoms with Crippen LogP contribution in [0.2, 0.25) is 0 Å². The van der Waals surface area contributed by atoms with Gasteiger partial charge < -0.3 is 15.4 Å². The van der Waals surface area contributed by atoms with Crippen LogP contribution in [0, 0.1) is 0 Å². The van der Waals surface area contributed by atoms with Crippen molar-refractivity contribution >= 4 is 45.1 Å². The fraction of sp³-hybridized carbons (Fsp3) is 0.250. The maximum atomic E-state index is 12.4. The molecular weight excluding hydrogens is 412 g/mol. The summed E-state index contributed by atoms with van der Waals surface area (Å²) in [6.07, 6.45) is 0.857. The zero-order chi connectivity index (χ0) is 19.8. The van der Waals surface area contributed by atoms with Crippen molar-refractivity contribution in [3.05, 3.63) is 58.1 Å². The number of amides is 2. The van der Waals surface area contributed by atoms with Gasteiger partial charge in [0.2, 0.25) is 11.8 Å². The Morgan fingerprint density at radius 1 is 1.04 bits per heavy atom. The molecule has 0 saturated carbocycles. The molecule has 0 saturated heterocycles. The van der Waals surface area contributed by atoms with Gasteiger partial charge in [0.05, 0.1) is 24.3 Å². The highest BCUT2D eigenvalue weighted by molar-refractivity contribution is 9.10. The Morgan fingerprint density at radius 3 is 2.37 bits per heavy atom. The van der Waals surface area contributed by atoms with Crippen LogP contribution in [0.1, 0.15) is 36.2 Å². The van der Waals surface area contributed by atoms with Gasteiger partial charge in [-0.15, -0.1) is 0 Å². The van der Waals surface area contributed by atoms with Gasteiger partial charge in [-0.3, -0.25) is 9.59 Å². The SMILES string of the molecule is CCCOC(=O)c1cc(Br)ccc1NC(=O)Cc1ccc(NC(C)=O)cc1. The number of benzene rings is 2. The molecule has 2 aromatic carbocycles. The fourth-order valence-corrected chi connectivity index (χ4v) is 2.72. The van der Waals surface area contributed by atoms with E-state index in [0.717, 1.165) is 16.5 Å². The summed E-state index contributed by atoms with van der Waals surface area (Å²) in [4.78, 5) is 35.6. The number of esters is 1. The highest BCUT2D eigenvalue weighted by atomic mass is 79.9. The molecule has 7 heteroatoms. The van der Waals surface area contributed by atoms with Crippen molar-refractivity contribution in [3.63, 3.8) is 0 Å². The van der Waals surface area contributed by atoms with Crippen LogP contribution in [0.5, 0.6) is 0 Å². The molecule has 27 heavy (non-hydrogen) atoms. The van der Waals surface area contributed by atoms with Crippen LogP contribution in [0.25, 0.3) is 0 Å². The summed E-state index contributed by atoms with van der Waals surface area (Å²) < 4.78 is 5.89. The molecule has 2 N–H and O–H groups in total. The number of carbonyl (C=O) groups excluding carboxylic acids is 3. The molecule has 0 radical (unpaired) electrons. The van der Waals surface area contributed by atoms with Crippen molar-refractivity contribution in [2.24, 2.45) is 0 Å². The maximum Gasteiger partial charge on any atom is 0.340 e. The van der Waals surface area contributed by atoms with Crippen LogP contribution in [0.15, 0.2) is 46.9 Å². The molecule has 0 aliphatic rings. The van der Waals surface area contributed by atoms with Gasteiger partial charge in [-0.1, -0.05) is 35.0 Å². The summed E-state index contributed by atoms with van der Waals surface area (Å²) >= 11 is 3.33. The van der Waals surface area contributed by atoms with Crippen molar-refractivity contribution < 1.29 is 19.1 Å². The molecule has 0 aliphatic heterocycles. The zero-order valence-electron chi connectivity index (χ0n) is 15.2. The number of anilines is 2. The summed E-state index contributed by atoms with van der Waals surface area (Å²) in [6.45, 7) is 3.66. The Bertz CT molecular complexity index is 834. The van der Waals surface area contributed by atoms with Gasteiger partial charge in [0.15, 0.2) is 0 Å². The van der Waals surface area contributed by atoms with Gasteiger partial charge in [0.25, 0.3) is 0 Å². The van der Waals surface area contributed by atoms with E-state index in [9.17, 15) is 14.4 Å². The van der Waals surface area contributed by atoms with E-state index in [1.54, 1.807) is 42.5 Å². The molecule has 2 aromatic rings. The Kier molecular flexibility index (Phi) is 7.55. The molecule has 0 unspecified atom stereocenters. The minimum atomic E-state index is -0.479. The van der Waals surface area contributed by atoms with E-state index in [-0.39, 0.29) is 18.2 Å². The average molecular weight is 433 g/mol. The van der Waals surface area contributed by atoms with Crippen LogP contribution in [-0.4, -0.2) is 24.4 Å². The highest BCUT2D eigenvalue weighted by Crippen LogP contribution is 2.22. The van der Waals surface area contributed by atoms with E-state index in [2.05, 4.69) is 26.6 Å². The van der Waals surface area contributed by atoms with E-state index in [1.807, 2.05) is 6.92 Å². The number of rotatable bonds is 7. The van der Waals surface area contributed by atoms with Gasteiger partial charge >= 0.3 is 5.97 Å². The summed E-state index contributed by atoms with van der Waals surface area (Å²) in [5, 5.41) is 5.43. The van der Waals surface area contributed by atoms with Crippen molar-refractivity contribution in [1.82, 2.24) is 0 Å².